The molecule has 2 N–H and O–H groups in total. The topological polar surface area (TPSA) is 48.0 Å². The Morgan fingerprint density at radius 3 is 2.42 bits per heavy atom. The number of rotatable bonds is 4. The molecule has 0 bridgehead atoms. The van der Waals surface area contributed by atoms with Crippen molar-refractivity contribution < 1.29 is 8.78 Å². The molecular weight excluding hydrogens is 334 g/mol. The number of nitrogens with two attached hydrogens (primary N) is 1. The molecular formula is C21H20F2N2O. The average molecular weight is 354 g/mol. The fourth-order valence-corrected chi connectivity index (χ4v) is 3.07. The van der Waals surface area contributed by atoms with Crippen molar-refractivity contribution in [2.75, 3.05) is 5.73 Å². The summed E-state index contributed by atoms with van der Waals surface area (Å²) < 4.78 is 28.8. The highest BCUT2D eigenvalue weighted by atomic mass is 19.1. The minimum atomic E-state index is -0.602. The number of benzene rings is 2. The lowest BCUT2D eigenvalue weighted by atomic mass is 9.94. The lowest BCUT2D eigenvalue weighted by Gasteiger charge is -2.14. The minimum absolute atomic E-state index is 0.0358. The monoisotopic (exact) mass is 354 g/mol. The van der Waals surface area contributed by atoms with Gasteiger partial charge in [-0.15, -0.1) is 0 Å². The number of nitrogens with zero attached hydrogens (tertiary/aromatic N) is 1. The first-order chi connectivity index (χ1) is 12.4. The van der Waals surface area contributed by atoms with Crippen molar-refractivity contribution in [2.45, 2.75) is 19.8 Å². The Hall–Kier alpha value is -2.95. The maximum atomic E-state index is 14.1. The Morgan fingerprint density at radius 1 is 1.00 bits per heavy atom. The van der Waals surface area contributed by atoms with Crippen molar-refractivity contribution in [1.29, 1.82) is 0 Å². The SMILES string of the molecule is CCc1cc(-c2cc(N)ccc2Cc2ccc(F)cc2F)cn(C)c1=O. The van der Waals surface area contributed by atoms with Gasteiger partial charge in [0, 0.05) is 37.0 Å². The van der Waals surface area contributed by atoms with Crippen molar-refractivity contribution in [3.8, 4) is 11.1 Å². The van der Waals surface area contributed by atoms with Gasteiger partial charge in [0.15, 0.2) is 0 Å². The summed E-state index contributed by atoms with van der Waals surface area (Å²) in [7, 11) is 1.70. The maximum Gasteiger partial charge on any atom is 0.253 e. The smallest absolute Gasteiger partial charge is 0.253 e. The molecule has 26 heavy (non-hydrogen) atoms. The Kier molecular flexibility index (Phi) is 4.89. The van der Waals surface area contributed by atoms with E-state index in [2.05, 4.69) is 0 Å². The highest BCUT2D eigenvalue weighted by molar-refractivity contribution is 5.71. The van der Waals surface area contributed by atoms with Gasteiger partial charge in [-0.1, -0.05) is 19.1 Å². The molecule has 1 aromatic heterocycles. The van der Waals surface area contributed by atoms with Gasteiger partial charge >= 0.3 is 0 Å². The third-order valence-electron chi connectivity index (χ3n) is 4.48. The summed E-state index contributed by atoms with van der Waals surface area (Å²) in [4.78, 5) is 12.2. The summed E-state index contributed by atoms with van der Waals surface area (Å²) in [5.41, 5.74) is 10.1. The van der Waals surface area contributed by atoms with Gasteiger partial charge < -0.3 is 10.3 Å². The van der Waals surface area contributed by atoms with Gasteiger partial charge in [-0.2, -0.15) is 0 Å². The Balaban J connectivity index is 2.12. The second-order valence-electron chi connectivity index (χ2n) is 6.35. The third-order valence-corrected chi connectivity index (χ3v) is 4.48. The van der Waals surface area contributed by atoms with E-state index in [1.54, 1.807) is 23.9 Å². The van der Waals surface area contributed by atoms with Crippen molar-refractivity contribution in [3.63, 3.8) is 0 Å². The summed E-state index contributed by atoms with van der Waals surface area (Å²) in [6, 6.07) is 10.8. The highest BCUT2D eigenvalue weighted by Crippen LogP contribution is 2.28. The molecule has 0 saturated heterocycles. The number of hydrogen-bond donors (Lipinski definition) is 1. The lowest BCUT2D eigenvalue weighted by molar-refractivity contribution is 0.574. The highest BCUT2D eigenvalue weighted by Gasteiger charge is 2.12. The fourth-order valence-electron chi connectivity index (χ4n) is 3.07. The van der Waals surface area contributed by atoms with Crippen molar-refractivity contribution >= 4 is 5.69 Å². The minimum Gasteiger partial charge on any atom is -0.399 e. The molecule has 0 atom stereocenters. The quantitative estimate of drug-likeness (QED) is 0.718. The van der Waals surface area contributed by atoms with Gasteiger partial charge in [0.2, 0.25) is 0 Å². The fraction of sp³-hybridized carbons (Fsp3) is 0.190. The standard InChI is InChI=1S/C21H20F2N2O/c1-3-13-8-16(12-25(2)21(13)26)19-11-18(24)7-5-14(19)9-15-4-6-17(22)10-20(15)23/h4-8,10-12H,3,9,24H2,1-2H3. The molecule has 3 rings (SSSR count). The molecule has 0 aliphatic heterocycles. The van der Waals surface area contributed by atoms with Crippen LogP contribution in [0.5, 0.6) is 0 Å². The van der Waals surface area contributed by atoms with E-state index in [0.29, 0.717) is 29.7 Å². The average Bonchev–Trinajstić information content (AvgIpc) is 2.61. The predicted molar refractivity (Wildman–Crippen MR) is 100 cm³/mol. The summed E-state index contributed by atoms with van der Waals surface area (Å²) in [5.74, 6) is -1.18. The van der Waals surface area contributed by atoms with E-state index in [0.717, 1.165) is 22.8 Å². The molecule has 3 aromatic rings. The first-order valence-corrected chi connectivity index (χ1v) is 8.41. The van der Waals surface area contributed by atoms with Gasteiger partial charge in [0.1, 0.15) is 11.6 Å². The molecule has 0 saturated carbocycles. The van der Waals surface area contributed by atoms with Crippen LogP contribution in [0.1, 0.15) is 23.6 Å². The maximum absolute atomic E-state index is 14.1. The molecule has 0 radical (unpaired) electrons. The third kappa shape index (κ3) is 3.52. The molecule has 1 heterocycles. The summed E-state index contributed by atoms with van der Waals surface area (Å²) in [5, 5.41) is 0. The van der Waals surface area contributed by atoms with Crippen LogP contribution in [-0.2, 0) is 19.9 Å². The molecule has 0 amide bonds. The van der Waals surface area contributed by atoms with E-state index in [-0.39, 0.29) is 5.56 Å². The van der Waals surface area contributed by atoms with Crippen LogP contribution in [-0.4, -0.2) is 4.57 Å². The molecule has 0 unspecified atom stereocenters. The zero-order chi connectivity index (χ0) is 18.8. The van der Waals surface area contributed by atoms with Gasteiger partial charge in [-0.25, -0.2) is 8.78 Å². The van der Waals surface area contributed by atoms with Gasteiger partial charge in [0.25, 0.3) is 5.56 Å². The summed E-state index contributed by atoms with van der Waals surface area (Å²) >= 11 is 0. The number of pyridine rings is 1. The Bertz CT molecular complexity index is 1030. The van der Waals surface area contributed by atoms with Crippen molar-refractivity contribution in [1.82, 2.24) is 4.57 Å². The molecule has 0 spiro atoms. The number of aryl methyl sites for hydroxylation is 2. The molecule has 2 aromatic carbocycles. The van der Waals surface area contributed by atoms with Crippen LogP contribution in [0.2, 0.25) is 0 Å². The number of aromatic nitrogens is 1. The van der Waals surface area contributed by atoms with E-state index in [1.807, 2.05) is 25.1 Å². The molecule has 5 heteroatoms. The van der Waals surface area contributed by atoms with Crippen LogP contribution in [0, 0.1) is 11.6 Å². The van der Waals surface area contributed by atoms with Crippen LogP contribution in [0.25, 0.3) is 11.1 Å². The molecule has 0 fully saturated rings. The van der Waals surface area contributed by atoms with Crippen LogP contribution in [0.3, 0.4) is 0 Å². The zero-order valence-corrected chi connectivity index (χ0v) is 14.7. The van der Waals surface area contributed by atoms with E-state index in [1.165, 1.54) is 12.1 Å². The predicted octanol–water partition coefficient (Wildman–Crippen LogP) is 4.07. The largest absolute Gasteiger partial charge is 0.399 e. The first kappa shape index (κ1) is 17.9. The van der Waals surface area contributed by atoms with E-state index < -0.39 is 11.6 Å². The molecule has 0 aliphatic rings. The van der Waals surface area contributed by atoms with E-state index >= 15 is 0 Å². The molecule has 0 aliphatic carbocycles. The lowest BCUT2D eigenvalue weighted by Crippen LogP contribution is -2.20. The first-order valence-electron chi connectivity index (χ1n) is 8.41. The molecule has 3 nitrogen and oxygen atoms in total. The normalized spacial score (nSPS) is 10.9. The van der Waals surface area contributed by atoms with E-state index in [4.69, 9.17) is 5.73 Å². The van der Waals surface area contributed by atoms with Gasteiger partial charge in [-0.05, 0) is 52.9 Å². The molecule has 134 valence electrons. The Morgan fingerprint density at radius 2 is 1.73 bits per heavy atom. The van der Waals surface area contributed by atoms with Gasteiger partial charge in [0.05, 0.1) is 0 Å². The van der Waals surface area contributed by atoms with Crippen LogP contribution in [0.15, 0.2) is 53.5 Å². The number of nitrogen functional groups attached to an aromatic ring is 1. The van der Waals surface area contributed by atoms with Crippen molar-refractivity contribution in [2.24, 2.45) is 7.05 Å². The second kappa shape index (κ2) is 7.12. The number of hydrogen-bond acceptors (Lipinski definition) is 2. The van der Waals surface area contributed by atoms with Gasteiger partial charge in [-0.3, -0.25) is 4.79 Å². The zero-order valence-electron chi connectivity index (χ0n) is 14.7. The van der Waals surface area contributed by atoms with Crippen LogP contribution < -0.4 is 11.3 Å². The number of anilines is 1. The van der Waals surface area contributed by atoms with E-state index in [9.17, 15) is 13.6 Å². The number of halogens is 2. The summed E-state index contributed by atoms with van der Waals surface area (Å²) in [6.07, 6.45) is 2.66. The Labute approximate surface area is 150 Å². The second-order valence-corrected chi connectivity index (χ2v) is 6.35. The van der Waals surface area contributed by atoms with Crippen molar-refractivity contribution in [3.05, 3.63) is 87.3 Å². The van der Waals surface area contributed by atoms with Crippen LogP contribution in [0.4, 0.5) is 14.5 Å². The summed E-state index contributed by atoms with van der Waals surface area (Å²) in [6.45, 7) is 1.93. The van der Waals surface area contributed by atoms with Crippen LogP contribution >= 0.6 is 0 Å².